The second-order valence-electron chi connectivity index (χ2n) is 10.7. The molecule has 8 heteroatoms. The summed E-state index contributed by atoms with van der Waals surface area (Å²) in [6.07, 6.45) is 1.21. The van der Waals surface area contributed by atoms with Gasteiger partial charge in [-0.15, -0.1) is 0 Å². The fourth-order valence-corrected chi connectivity index (χ4v) is 5.13. The van der Waals surface area contributed by atoms with Crippen LogP contribution in [0.4, 0.5) is 13.6 Å². The Morgan fingerprint density at radius 3 is 1.83 bits per heavy atom. The van der Waals surface area contributed by atoms with Gasteiger partial charge >= 0.3 is 6.03 Å². The summed E-state index contributed by atoms with van der Waals surface area (Å²) in [5, 5.41) is 2.95. The van der Waals surface area contributed by atoms with E-state index in [0.717, 1.165) is 26.2 Å². The molecule has 2 fully saturated rings. The lowest BCUT2D eigenvalue weighted by Crippen LogP contribution is -2.56. The van der Waals surface area contributed by atoms with Gasteiger partial charge in [0.2, 0.25) is 5.91 Å². The zero-order valence-corrected chi connectivity index (χ0v) is 21.3. The number of urea groups is 1. The van der Waals surface area contributed by atoms with Gasteiger partial charge in [0.25, 0.3) is 0 Å². The van der Waals surface area contributed by atoms with E-state index in [1.54, 1.807) is 29.2 Å². The molecule has 1 N–H and O–H groups in total. The lowest BCUT2D eigenvalue weighted by molar-refractivity contribution is -0.139. The average molecular weight is 499 g/mol. The lowest BCUT2D eigenvalue weighted by atomic mass is 9.94. The number of hydrogen-bond donors (Lipinski definition) is 1. The van der Waals surface area contributed by atoms with E-state index in [4.69, 9.17) is 0 Å². The third-order valence-corrected chi connectivity index (χ3v) is 7.30. The Hall–Kier alpha value is -3.00. The fraction of sp³-hybridized carbons (Fsp3) is 0.500. The van der Waals surface area contributed by atoms with Gasteiger partial charge in [-0.05, 0) is 69.0 Å². The maximum Gasteiger partial charge on any atom is 0.318 e. The Labute approximate surface area is 212 Å². The highest BCUT2D eigenvalue weighted by atomic mass is 19.1. The van der Waals surface area contributed by atoms with E-state index >= 15 is 0 Å². The van der Waals surface area contributed by atoms with E-state index in [0.29, 0.717) is 37.1 Å². The van der Waals surface area contributed by atoms with Crippen LogP contribution in [0.1, 0.15) is 50.8 Å². The van der Waals surface area contributed by atoms with Crippen molar-refractivity contribution in [1.29, 1.82) is 0 Å². The van der Waals surface area contributed by atoms with Crippen LogP contribution in [-0.4, -0.2) is 71.4 Å². The minimum atomic E-state index is -0.692. The molecule has 0 spiro atoms. The standard InChI is InChI=1S/C28H36F2N4O2/c1-28(2,3)34-16-14-32(15-17-34)26(35)20-10-12-33(13-11-20)27(36)31-25(21-6-4-8-23(29)18-21)22-7-5-9-24(30)19-22/h4-9,18-20,25H,10-17H2,1-3H3,(H,31,36). The largest absolute Gasteiger partial charge is 0.340 e. The molecule has 0 aromatic heterocycles. The van der Waals surface area contributed by atoms with Gasteiger partial charge in [-0.3, -0.25) is 9.69 Å². The smallest absolute Gasteiger partial charge is 0.318 e. The molecule has 2 aromatic rings. The molecule has 0 radical (unpaired) electrons. The summed E-state index contributed by atoms with van der Waals surface area (Å²) >= 11 is 0. The first-order valence-corrected chi connectivity index (χ1v) is 12.7. The maximum absolute atomic E-state index is 13.9. The molecule has 2 saturated heterocycles. The van der Waals surface area contributed by atoms with Crippen molar-refractivity contribution in [1.82, 2.24) is 20.0 Å². The normalized spacial score (nSPS) is 17.9. The molecule has 0 atom stereocenters. The van der Waals surface area contributed by atoms with Crippen molar-refractivity contribution in [3.63, 3.8) is 0 Å². The summed E-state index contributed by atoms with van der Waals surface area (Å²) in [6, 6.07) is 10.9. The molecule has 36 heavy (non-hydrogen) atoms. The second kappa shape index (κ2) is 10.9. The lowest BCUT2D eigenvalue weighted by Gasteiger charge is -2.43. The van der Waals surface area contributed by atoms with Crippen molar-refractivity contribution in [2.75, 3.05) is 39.3 Å². The van der Waals surface area contributed by atoms with Crippen LogP contribution < -0.4 is 5.32 Å². The molecule has 2 heterocycles. The zero-order chi connectivity index (χ0) is 25.9. The third kappa shape index (κ3) is 6.22. The average Bonchev–Trinajstić information content (AvgIpc) is 2.86. The number of carbonyl (C=O) groups is 2. The van der Waals surface area contributed by atoms with Crippen LogP contribution in [0.25, 0.3) is 0 Å². The number of nitrogens with zero attached hydrogens (tertiary/aromatic N) is 3. The number of hydrogen-bond acceptors (Lipinski definition) is 3. The number of likely N-dealkylation sites (tertiary alicyclic amines) is 1. The van der Waals surface area contributed by atoms with Crippen LogP contribution in [0, 0.1) is 17.6 Å². The molecule has 0 bridgehead atoms. The van der Waals surface area contributed by atoms with Gasteiger partial charge in [0.05, 0.1) is 6.04 Å². The Balaban J connectivity index is 1.36. The molecule has 2 aliphatic heterocycles. The first-order valence-electron chi connectivity index (χ1n) is 12.7. The summed E-state index contributed by atoms with van der Waals surface area (Å²) in [5.41, 5.74) is 1.17. The summed E-state index contributed by atoms with van der Waals surface area (Å²) in [4.78, 5) is 32.3. The molecule has 4 rings (SSSR count). The predicted molar refractivity (Wildman–Crippen MR) is 135 cm³/mol. The van der Waals surface area contributed by atoms with Gasteiger partial charge in [0.15, 0.2) is 0 Å². The SMILES string of the molecule is CC(C)(C)N1CCN(C(=O)C2CCN(C(=O)NC(c3cccc(F)c3)c3cccc(F)c3)CC2)CC1. The van der Waals surface area contributed by atoms with Gasteiger partial charge in [0, 0.05) is 50.7 Å². The van der Waals surface area contributed by atoms with Crippen molar-refractivity contribution in [3.8, 4) is 0 Å². The third-order valence-electron chi connectivity index (χ3n) is 7.30. The maximum atomic E-state index is 13.9. The zero-order valence-electron chi connectivity index (χ0n) is 21.3. The van der Waals surface area contributed by atoms with Gasteiger partial charge in [-0.25, -0.2) is 13.6 Å². The van der Waals surface area contributed by atoms with Crippen LogP contribution in [0.2, 0.25) is 0 Å². The molecule has 3 amide bonds. The Kier molecular flexibility index (Phi) is 7.93. The monoisotopic (exact) mass is 498 g/mol. The van der Waals surface area contributed by atoms with Gasteiger partial charge < -0.3 is 15.1 Å². The van der Waals surface area contributed by atoms with Crippen LogP contribution in [-0.2, 0) is 4.79 Å². The molecular weight excluding hydrogens is 462 g/mol. The molecule has 2 aromatic carbocycles. The number of carbonyl (C=O) groups excluding carboxylic acids is 2. The minimum Gasteiger partial charge on any atom is -0.340 e. The molecule has 0 unspecified atom stereocenters. The minimum absolute atomic E-state index is 0.0857. The van der Waals surface area contributed by atoms with Gasteiger partial charge in [-0.1, -0.05) is 24.3 Å². The molecule has 194 valence electrons. The Morgan fingerprint density at radius 2 is 1.36 bits per heavy atom. The van der Waals surface area contributed by atoms with Crippen molar-refractivity contribution in [2.24, 2.45) is 5.92 Å². The highest BCUT2D eigenvalue weighted by molar-refractivity contribution is 5.80. The number of amides is 3. The van der Waals surface area contributed by atoms with Crippen molar-refractivity contribution < 1.29 is 18.4 Å². The van der Waals surface area contributed by atoms with Crippen molar-refractivity contribution in [3.05, 3.63) is 71.3 Å². The number of benzene rings is 2. The number of nitrogens with one attached hydrogen (secondary N) is 1. The van der Waals surface area contributed by atoms with Crippen molar-refractivity contribution >= 4 is 11.9 Å². The van der Waals surface area contributed by atoms with Crippen LogP contribution in [0.15, 0.2) is 48.5 Å². The van der Waals surface area contributed by atoms with E-state index in [1.807, 2.05) is 4.90 Å². The number of piperidine rings is 1. The number of halogens is 2. The van der Waals surface area contributed by atoms with E-state index < -0.39 is 17.7 Å². The molecule has 0 saturated carbocycles. The second-order valence-corrected chi connectivity index (χ2v) is 10.7. The van der Waals surface area contributed by atoms with Gasteiger partial charge in [-0.2, -0.15) is 0 Å². The number of piperazine rings is 1. The topological polar surface area (TPSA) is 55.9 Å². The van der Waals surface area contributed by atoms with Crippen LogP contribution in [0.5, 0.6) is 0 Å². The molecule has 0 aliphatic carbocycles. The van der Waals surface area contributed by atoms with Gasteiger partial charge in [0.1, 0.15) is 11.6 Å². The molecule has 6 nitrogen and oxygen atoms in total. The fourth-order valence-electron chi connectivity index (χ4n) is 5.13. The van der Waals surface area contributed by atoms with E-state index in [9.17, 15) is 18.4 Å². The Bertz CT molecular complexity index is 1030. The first kappa shape index (κ1) is 26.1. The van der Waals surface area contributed by atoms with E-state index in [1.165, 1.54) is 24.3 Å². The predicted octanol–water partition coefficient (Wildman–Crippen LogP) is 4.42. The summed E-state index contributed by atoms with van der Waals surface area (Å²) in [6.45, 7) is 10.7. The van der Waals surface area contributed by atoms with Crippen LogP contribution in [0.3, 0.4) is 0 Å². The quantitative estimate of drug-likeness (QED) is 0.679. The summed E-state index contributed by atoms with van der Waals surface area (Å²) in [5.74, 6) is -0.755. The Morgan fingerprint density at radius 1 is 0.833 bits per heavy atom. The molecular formula is C28H36F2N4O2. The van der Waals surface area contributed by atoms with Crippen molar-refractivity contribution in [2.45, 2.75) is 45.2 Å². The van der Waals surface area contributed by atoms with Crippen LogP contribution >= 0.6 is 0 Å². The van der Waals surface area contributed by atoms with E-state index in [-0.39, 0.29) is 23.4 Å². The molecule has 2 aliphatic rings. The first-order chi connectivity index (χ1) is 17.1. The highest BCUT2D eigenvalue weighted by Crippen LogP contribution is 2.26. The summed E-state index contributed by atoms with van der Waals surface area (Å²) < 4.78 is 27.9. The van der Waals surface area contributed by atoms with E-state index in [2.05, 4.69) is 31.0 Å². The highest BCUT2D eigenvalue weighted by Gasteiger charge is 2.34. The summed E-state index contributed by atoms with van der Waals surface area (Å²) in [7, 11) is 0. The number of rotatable bonds is 4.